The molecule has 0 radical (unpaired) electrons. The number of unbranched alkanes of at least 4 members (excludes halogenated alkanes) is 16. The molecule has 0 unspecified atom stereocenters. The van der Waals surface area contributed by atoms with Gasteiger partial charge in [0.05, 0.1) is 0 Å². The van der Waals surface area contributed by atoms with Crippen molar-refractivity contribution in [1.82, 2.24) is 0 Å². The summed E-state index contributed by atoms with van der Waals surface area (Å²) in [5.41, 5.74) is 4.54. The summed E-state index contributed by atoms with van der Waals surface area (Å²) < 4.78 is 0. The lowest BCUT2D eigenvalue weighted by molar-refractivity contribution is 0.422. The minimum absolute atomic E-state index is 0.441. The molecule has 0 heterocycles. The normalized spacial score (nSPS) is 11.4. The first kappa shape index (κ1) is 32.8. The highest BCUT2D eigenvalue weighted by atomic mass is 16.3. The number of phenolic OH excluding ortho intramolecular Hbond substituents is 2. The van der Waals surface area contributed by atoms with E-state index in [9.17, 15) is 10.2 Å². The Bertz CT molecular complexity index is 623. The van der Waals surface area contributed by atoms with Crippen molar-refractivity contribution in [2.24, 2.45) is 0 Å². The summed E-state index contributed by atoms with van der Waals surface area (Å²) in [5.74, 6) is 0.883. The van der Waals surface area contributed by atoms with Crippen LogP contribution in [0.1, 0.15) is 178 Å². The van der Waals surface area contributed by atoms with Crippen LogP contribution >= 0.6 is 0 Å². The largest absolute Gasteiger partial charge is 0.507 e. The summed E-state index contributed by atoms with van der Waals surface area (Å²) in [6, 6.07) is 0. The van der Waals surface area contributed by atoms with Gasteiger partial charge in [0, 0.05) is 5.56 Å². The van der Waals surface area contributed by atoms with Gasteiger partial charge < -0.3 is 10.2 Å². The van der Waals surface area contributed by atoms with Crippen molar-refractivity contribution < 1.29 is 10.2 Å². The standard InChI is InChI=1S/C34H62O2/c1-5-9-13-17-21-25-29-30(26-22-18-14-10-6-2)33(35)32(28-24-20-16-12-8-4)34(36)31(29)27-23-19-15-11-7-3/h35-36H,5-28H2,1-4H3. The second-order valence-corrected chi connectivity index (χ2v) is 11.3. The fourth-order valence-corrected chi connectivity index (χ4v) is 5.64. The van der Waals surface area contributed by atoms with Crippen LogP contribution in [0.5, 0.6) is 11.5 Å². The van der Waals surface area contributed by atoms with E-state index in [-0.39, 0.29) is 0 Å². The molecule has 1 aromatic rings. The van der Waals surface area contributed by atoms with Gasteiger partial charge in [0.1, 0.15) is 11.5 Å². The maximum atomic E-state index is 11.5. The van der Waals surface area contributed by atoms with Gasteiger partial charge in [-0.15, -0.1) is 0 Å². The molecule has 0 aliphatic rings. The van der Waals surface area contributed by atoms with Gasteiger partial charge in [0.25, 0.3) is 0 Å². The fraction of sp³-hybridized carbons (Fsp3) is 0.824. The molecule has 0 aromatic heterocycles. The molecule has 210 valence electrons. The molecule has 0 aliphatic heterocycles. The summed E-state index contributed by atoms with van der Waals surface area (Å²) in [4.78, 5) is 0. The molecule has 0 fully saturated rings. The quantitative estimate of drug-likeness (QED) is 0.138. The summed E-state index contributed by atoms with van der Waals surface area (Å²) in [6.45, 7) is 9.05. The molecular weight excluding hydrogens is 440 g/mol. The molecule has 2 nitrogen and oxygen atoms in total. The molecule has 1 aromatic carbocycles. The minimum atomic E-state index is 0.441. The first-order valence-corrected chi connectivity index (χ1v) is 16.2. The lowest BCUT2D eigenvalue weighted by Crippen LogP contribution is -2.07. The van der Waals surface area contributed by atoms with Gasteiger partial charge in [-0.3, -0.25) is 0 Å². The average molecular weight is 503 g/mol. The molecule has 2 N–H and O–H groups in total. The van der Waals surface area contributed by atoms with E-state index >= 15 is 0 Å². The molecule has 0 saturated heterocycles. The van der Waals surface area contributed by atoms with Crippen molar-refractivity contribution in [3.63, 3.8) is 0 Å². The average Bonchev–Trinajstić information content (AvgIpc) is 2.88. The van der Waals surface area contributed by atoms with Gasteiger partial charge in [-0.25, -0.2) is 0 Å². The van der Waals surface area contributed by atoms with Crippen molar-refractivity contribution in [2.45, 2.75) is 182 Å². The van der Waals surface area contributed by atoms with E-state index in [4.69, 9.17) is 0 Å². The van der Waals surface area contributed by atoms with E-state index in [2.05, 4.69) is 27.7 Å². The van der Waals surface area contributed by atoms with Gasteiger partial charge in [0.15, 0.2) is 0 Å². The Morgan fingerprint density at radius 1 is 0.306 bits per heavy atom. The van der Waals surface area contributed by atoms with Crippen molar-refractivity contribution >= 4 is 0 Å². The van der Waals surface area contributed by atoms with E-state index < -0.39 is 0 Å². The van der Waals surface area contributed by atoms with Crippen LogP contribution in [0, 0.1) is 0 Å². The number of rotatable bonds is 24. The minimum Gasteiger partial charge on any atom is -0.507 e. The van der Waals surface area contributed by atoms with Crippen LogP contribution in [-0.4, -0.2) is 10.2 Å². The molecule has 0 bridgehead atoms. The first-order chi connectivity index (χ1) is 17.6. The van der Waals surface area contributed by atoms with Crippen LogP contribution in [-0.2, 0) is 25.7 Å². The number of benzene rings is 1. The molecule has 0 atom stereocenters. The van der Waals surface area contributed by atoms with Crippen molar-refractivity contribution in [2.75, 3.05) is 0 Å². The molecule has 0 saturated carbocycles. The molecule has 2 heteroatoms. The van der Waals surface area contributed by atoms with Gasteiger partial charge in [-0.1, -0.05) is 130 Å². The highest BCUT2D eigenvalue weighted by molar-refractivity contribution is 5.58. The van der Waals surface area contributed by atoms with Gasteiger partial charge >= 0.3 is 0 Å². The lowest BCUT2D eigenvalue weighted by Gasteiger charge is -2.22. The van der Waals surface area contributed by atoms with Gasteiger partial charge in [-0.2, -0.15) is 0 Å². The summed E-state index contributed by atoms with van der Waals surface area (Å²) in [6.07, 6.45) is 28.5. The third-order valence-corrected chi connectivity index (χ3v) is 7.99. The summed E-state index contributed by atoms with van der Waals surface area (Å²) in [5, 5.41) is 23.0. The summed E-state index contributed by atoms with van der Waals surface area (Å²) in [7, 11) is 0. The molecular formula is C34H62O2. The summed E-state index contributed by atoms with van der Waals surface area (Å²) >= 11 is 0. The van der Waals surface area contributed by atoms with Gasteiger partial charge in [0.2, 0.25) is 0 Å². The molecule has 0 spiro atoms. The molecule has 0 amide bonds. The Balaban J connectivity index is 3.18. The Labute approximate surface area is 225 Å². The van der Waals surface area contributed by atoms with Crippen molar-refractivity contribution in [3.8, 4) is 11.5 Å². The van der Waals surface area contributed by atoms with E-state index in [0.717, 1.165) is 50.5 Å². The SMILES string of the molecule is CCCCCCCc1c(O)c(CCCCCCC)c(CCCCCCC)c(CCCCCCC)c1O. The Morgan fingerprint density at radius 2 is 0.556 bits per heavy atom. The van der Waals surface area contributed by atoms with E-state index in [1.807, 2.05) is 0 Å². The van der Waals surface area contributed by atoms with Crippen molar-refractivity contribution in [1.29, 1.82) is 0 Å². The second kappa shape index (κ2) is 21.9. The Morgan fingerprint density at radius 3 is 0.861 bits per heavy atom. The monoisotopic (exact) mass is 502 g/mol. The predicted octanol–water partition coefficient (Wildman–Crippen LogP) is 11.1. The second-order valence-electron chi connectivity index (χ2n) is 11.3. The van der Waals surface area contributed by atoms with Gasteiger partial charge in [-0.05, 0) is 68.1 Å². The topological polar surface area (TPSA) is 40.5 Å². The number of phenols is 2. The van der Waals surface area contributed by atoms with Crippen molar-refractivity contribution in [3.05, 3.63) is 22.3 Å². The highest BCUT2D eigenvalue weighted by Gasteiger charge is 2.22. The maximum absolute atomic E-state index is 11.5. The third-order valence-electron chi connectivity index (χ3n) is 7.99. The Kier molecular flexibility index (Phi) is 19.9. The van der Waals surface area contributed by atoms with Crippen LogP contribution in [0.3, 0.4) is 0 Å². The molecule has 1 rings (SSSR count). The van der Waals surface area contributed by atoms with Crippen LogP contribution < -0.4 is 0 Å². The van der Waals surface area contributed by atoms with Crippen LogP contribution in [0.25, 0.3) is 0 Å². The predicted molar refractivity (Wildman–Crippen MR) is 160 cm³/mol. The molecule has 36 heavy (non-hydrogen) atoms. The van der Waals surface area contributed by atoms with E-state index in [1.54, 1.807) is 0 Å². The van der Waals surface area contributed by atoms with Crippen LogP contribution in [0.15, 0.2) is 0 Å². The number of aromatic hydroxyl groups is 2. The molecule has 0 aliphatic carbocycles. The van der Waals surface area contributed by atoms with E-state index in [1.165, 1.54) is 126 Å². The Hall–Kier alpha value is -1.18. The zero-order valence-corrected chi connectivity index (χ0v) is 24.9. The van der Waals surface area contributed by atoms with E-state index in [0.29, 0.717) is 11.5 Å². The zero-order chi connectivity index (χ0) is 26.4. The number of hydrogen-bond donors (Lipinski definition) is 2. The van der Waals surface area contributed by atoms with Crippen LogP contribution in [0.2, 0.25) is 0 Å². The highest BCUT2D eigenvalue weighted by Crippen LogP contribution is 2.41. The van der Waals surface area contributed by atoms with Crippen LogP contribution in [0.4, 0.5) is 0 Å². The number of hydrogen-bond acceptors (Lipinski definition) is 2. The smallest absolute Gasteiger partial charge is 0.125 e. The lowest BCUT2D eigenvalue weighted by atomic mass is 9.85. The fourth-order valence-electron chi connectivity index (χ4n) is 5.64. The third kappa shape index (κ3) is 12.9. The maximum Gasteiger partial charge on any atom is 0.125 e. The first-order valence-electron chi connectivity index (χ1n) is 16.2. The zero-order valence-electron chi connectivity index (χ0n) is 24.9.